The molecule has 2 rings (SSSR count). The van der Waals surface area contributed by atoms with Gasteiger partial charge in [-0.1, -0.05) is 49.3 Å². The lowest BCUT2D eigenvalue weighted by molar-refractivity contribution is 0.424. The molecule has 0 spiro atoms. The Morgan fingerprint density at radius 1 is 1.20 bits per heavy atom. The molecule has 15 heavy (non-hydrogen) atoms. The molecule has 2 N–H and O–H groups in total. The predicted octanol–water partition coefficient (Wildman–Crippen LogP) is 3.05. The molecular formula is C12H14N2O. The van der Waals surface area contributed by atoms with Gasteiger partial charge >= 0.3 is 0 Å². The number of nitrogens with two attached hydrogens (primary N) is 1. The van der Waals surface area contributed by atoms with E-state index in [4.69, 9.17) is 10.3 Å². The summed E-state index contributed by atoms with van der Waals surface area (Å²) in [4.78, 5) is 0. The Morgan fingerprint density at radius 3 is 2.47 bits per heavy atom. The Kier molecular flexibility index (Phi) is 2.46. The number of aromatic nitrogens is 1. The molecule has 0 saturated heterocycles. The Morgan fingerprint density at radius 2 is 1.87 bits per heavy atom. The second kappa shape index (κ2) is 3.77. The van der Waals surface area contributed by atoms with Gasteiger partial charge in [0.25, 0.3) is 0 Å². The van der Waals surface area contributed by atoms with E-state index in [-0.39, 0.29) is 0 Å². The molecule has 78 valence electrons. The van der Waals surface area contributed by atoms with Gasteiger partial charge < -0.3 is 10.3 Å². The highest BCUT2D eigenvalue weighted by Gasteiger charge is 2.17. The van der Waals surface area contributed by atoms with Crippen LogP contribution in [0.2, 0.25) is 0 Å². The van der Waals surface area contributed by atoms with Crippen LogP contribution in [0.15, 0.2) is 34.9 Å². The second-order valence-electron chi connectivity index (χ2n) is 3.83. The molecule has 1 aromatic heterocycles. The van der Waals surface area contributed by atoms with Crippen molar-refractivity contribution in [3.8, 4) is 11.1 Å². The lowest BCUT2D eigenvalue weighted by atomic mass is 9.99. The molecule has 2 aromatic rings. The quantitative estimate of drug-likeness (QED) is 0.814. The minimum absolute atomic E-state index is 0.307. The fourth-order valence-electron chi connectivity index (χ4n) is 1.60. The topological polar surface area (TPSA) is 52.0 Å². The molecule has 0 aliphatic rings. The summed E-state index contributed by atoms with van der Waals surface area (Å²) in [6, 6.07) is 9.95. The first kappa shape index (κ1) is 9.77. The van der Waals surface area contributed by atoms with Crippen LogP contribution in [0.5, 0.6) is 0 Å². The van der Waals surface area contributed by atoms with Crippen molar-refractivity contribution in [1.29, 1.82) is 0 Å². The van der Waals surface area contributed by atoms with Crippen molar-refractivity contribution in [2.24, 2.45) is 0 Å². The molecule has 0 amide bonds. The molecule has 3 nitrogen and oxygen atoms in total. The Bertz CT molecular complexity index is 446. The van der Waals surface area contributed by atoms with Crippen LogP contribution in [0.1, 0.15) is 25.5 Å². The Balaban J connectivity index is 2.57. The summed E-state index contributed by atoms with van der Waals surface area (Å²) in [5, 5.41) is 3.99. The number of nitrogen functional groups attached to an aromatic ring is 1. The maximum Gasteiger partial charge on any atom is 0.230 e. The number of nitrogens with zero attached hydrogens (tertiary/aromatic N) is 1. The van der Waals surface area contributed by atoms with Crippen LogP contribution in [-0.4, -0.2) is 5.16 Å². The van der Waals surface area contributed by atoms with Crippen LogP contribution >= 0.6 is 0 Å². The Hall–Kier alpha value is -1.77. The molecule has 1 aromatic carbocycles. The van der Waals surface area contributed by atoms with Gasteiger partial charge in [0.05, 0.1) is 11.3 Å². The van der Waals surface area contributed by atoms with Gasteiger partial charge in [-0.2, -0.15) is 0 Å². The van der Waals surface area contributed by atoms with Crippen molar-refractivity contribution in [3.63, 3.8) is 0 Å². The van der Waals surface area contributed by atoms with Gasteiger partial charge in [0.2, 0.25) is 5.88 Å². The van der Waals surface area contributed by atoms with Gasteiger partial charge in [-0.3, -0.25) is 0 Å². The molecule has 0 unspecified atom stereocenters. The molecule has 0 bridgehead atoms. The van der Waals surface area contributed by atoms with Crippen molar-refractivity contribution < 1.29 is 4.52 Å². The minimum Gasteiger partial charge on any atom is -0.367 e. The number of hydrogen-bond acceptors (Lipinski definition) is 3. The highest BCUT2D eigenvalue weighted by molar-refractivity contribution is 5.75. The van der Waals surface area contributed by atoms with E-state index in [9.17, 15) is 0 Å². The molecule has 1 heterocycles. The van der Waals surface area contributed by atoms with E-state index >= 15 is 0 Å². The summed E-state index contributed by atoms with van der Waals surface area (Å²) in [6.45, 7) is 4.15. The predicted molar refractivity (Wildman–Crippen MR) is 60.4 cm³/mol. The molecule has 0 saturated carbocycles. The molecule has 0 aliphatic heterocycles. The number of rotatable bonds is 2. The van der Waals surface area contributed by atoms with Crippen molar-refractivity contribution >= 4 is 5.88 Å². The summed E-state index contributed by atoms with van der Waals surface area (Å²) >= 11 is 0. The summed E-state index contributed by atoms with van der Waals surface area (Å²) < 4.78 is 5.04. The number of hydrogen-bond donors (Lipinski definition) is 1. The van der Waals surface area contributed by atoms with Crippen molar-refractivity contribution in [3.05, 3.63) is 36.0 Å². The summed E-state index contributed by atoms with van der Waals surface area (Å²) in [7, 11) is 0. The summed E-state index contributed by atoms with van der Waals surface area (Å²) in [5.41, 5.74) is 8.67. The third-order valence-corrected chi connectivity index (χ3v) is 2.35. The Labute approximate surface area is 88.9 Å². The fraction of sp³-hybridized carbons (Fsp3) is 0.250. The minimum atomic E-state index is 0.307. The normalized spacial score (nSPS) is 10.9. The van der Waals surface area contributed by atoms with Crippen LogP contribution in [0.3, 0.4) is 0 Å². The average Bonchev–Trinajstić information content (AvgIpc) is 2.61. The third-order valence-electron chi connectivity index (χ3n) is 2.35. The smallest absolute Gasteiger partial charge is 0.230 e. The molecule has 3 heteroatoms. The van der Waals surface area contributed by atoms with Crippen LogP contribution in [-0.2, 0) is 0 Å². The summed E-state index contributed by atoms with van der Waals surface area (Å²) in [6.07, 6.45) is 0. The average molecular weight is 202 g/mol. The molecule has 0 fully saturated rings. The van der Waals surface area contributed by atoms with Crippen molar-refractivity contribution in [1.82, 2.24) is 5.16 Å². The van der Waals surface area contributed by atoms with Crippen LogP contribution < -0.4 is 5.73 Å². The van der Waals surface area contributed by atoms with Crippen LogP contribution in [0.4, 0.5) is 5.88 Å². The monoisotopic (exact) mass is 202 g/mol. The molecule has 0 radical (unpaired) electrons. The standard InChI is InChI=1S/C12H14N2O/c1-8(2)11-10(12(13)15-14-11)9-6-4-3-5-7-9/h3-8H,13H2,1-2H3. The van der Waals surface area contributed by atoms with Gasteiger partial charge in [0, 0.05) is 0 Å². The van der Waals surface area contributed by atoms with E-state index in [0.717, 1.165) is 16.8 Å². The summed E-state index contributed by atoms with van der Waals surface area (Å²) in [5.74, 6) is 0.700. The van der Waals surface area contributed by atoms with Gasteiger partial charge in [-0.25, -0.2) is 0 Å². The van der Waals surface area contributed by atoms with Gasteiger partial charge in [-0.05, 0) is 11.5 Å². The van der Waals surface area contributed by atoms with Gasteiger partial charge in [-0.15, -0.1) is 0 Å². The first-order chi connectivity index (χ1) is 7.20. The van der Waals surface area contributed by atoms with E-state index in [0.29, 0.717) is 11.8 Å². The zero-order valence-corrected chi connectivity index (χ0v) is 8.90. The maximum atomic E-state index is 5.78. The van der Waals surface area contributed by atoms with E-state index < -0.39 is 0 Å². The zero-order valence-electron chi connectivity index (χ0n) is 8.90. The maximum absolute atomic E-state index is 5.78. The van der Waals surface area contributed by atoms with Gasteiger partial charge in [0.15, 0.2) is 0 Å². The fourth-order valence-corrected chi connectivity index (χ4v) is 1.60. The molecular weight excluding hydrogens is 188 g/mol. The van der Waals surface area contributed by atoms with Gasteiger partial charge in [0.1, 0.15) is 0 Å². The van der Waals surface area contributed by atoms with E-state index in [1.165, 1.54) is 0 Å². The number of anilines is 1. The van der Waals surface area contributed by atoms with E-state index in [2.05, 4.69) is 19.0 Å². The lowest BCUT2D eigenvalue weighted by Crippen LogP contribution is -1.92. The van der Waals surface area contributed by atoms with E-state index in [1.807, 2.05) is 30.3 Å². The second-order valence-corrected chi connectivity index (χ2v) is 3.83. The zero-order chi connectivity index (χ0) is 10.8. The number of benzene rings is 1. The lowest BCUT2D eigenvalue weighted by Gasteiger charge is -2.04. The highest BCUT2D eigenvalue weighted by atomic mass is 16.5. The largest absolute Gasteiger partial charge is 0.367 e. The van der Waals surface area contributed by atoms with Crippen molar-refractivity contribution in [2.75, 3.05) is 5.73 Å². The SMILES string of the molecule is CC(C)c1noc(N)c1-c1ccccc1. The molecule has 0 aliphatic carbocycles. The first-order valence-electron chi connectivity index (χ1n) is 5.00. The van der Waals surface area contributed by atoms with E-state index in [1.54, 1.807) is 0 Å². The molecule has 0 atom stereocenters. The first-order valence-corrected chi connectivity index (χ1v) is 5.00. The van der Waals surface area contributed by atoms with Crippen LogP contribution in [0.25, 0.3) is 11.1 Å². The third kappa shape index (κ3) is 1.73. The highest BCUT2D eigenvalue weighted by Crippen LogP contribution is 2.33. The van der Waals surface area contributed by atoms with Crippen molar-refractivity contribution in [2.45, 2.75) is 19.8 Å². The van der Waals surface area contributed by atoms with Crippen LogP contribution in [0, 0.1) is 0 Å².